The molecule has 3 N–H and O–H groups in total. The number of carbonyl (C=O) groups excluding carboxylic acids is 2. The number of benzene rings is 1. The second-order valence-electron chi connectivity index (χ2n) is 7.83. The summed E-state index contributed by atoms with van der Waals surface area (Å²) >= 11 is 0. The summed E-state index contributed by atoms with van der Waals surface area (Å²) in [7, 11) is -3.77. The van der Waals surface area contributed by atoms with E-state index in [-0.39, 0.29) is 23.9 Å². The summed E-state index contributed by atoms with van der Waals surface area (Å²) < 4.78 is 32.3. The standard InChI is InChI=1S/C19H31N3O5S/c1-14(2)9-10-17(23)22-15-7-6-8-16(13-15)28(25,26)21-12-11-20-18(24)27-19(3,4)5/h6-8,13-14,21H,9-12H2,1-5H3,(H,20,24)(H,22,23). The van der Waals surface area contributed by atoms with Crippen molar-refractivity contribution in [2.24, 2.45) is 5.92 Å². The minimum absolute atomic E-state index is 0.00650. The number of nitrogens with one attached hydrogen (secondary N) is 3. The maximum atomic E-state index is 12.4. The van der Waals surface area contributed by atoms with Crippen LogP contribution in [-0.2, 0) is 19.6 Å². The van der Waals surface area contributed by atoms with E-state index in [0.29, 0.717) is 18.0 Å². The molecule has 0 aromatic heterocycles. The molecule has 0 saturated heterocycles. The Morgan fingerprint density at radius 1 is 1.14 bits per heavy atom. The van der Waals surface area contributed by atoms with Gasteiger partial charge in [-0.2, -0.15) is 0 Å². The number of hydrogen-bond donors (Lipinski definition) is 3. The van der Waals surface area contributed by atoms with Gasteiger partial charge < -0.3 is 15.4 Å². The van der Waals surface area contributed by atoms with Crippen LogP contribution in [0.1, 0.15) is 47.5 Å². The third kappa shape index (κ3) is 9.70. The van der Waals surface area contributed by atoms with Crippen molar-refractivity contribution >= 4 is 27.7 Å². The maximum absolute atomic E-state index is 12.4. The molecule has 0 aliphatic carbocycles. The topological polar surface area (TPSA) is 114 Å². The van der Waals surface area contributed by atoms with Gasteiger partial charge in [0.2, 0.25) is 15.9 Å². The molecule has 0 spiro atoms. The van der Waals surface area contributed by atoms with E-state index in [1.807, 2.05) is 13.8 Å². The average molecular weight is 414 g/mol. The van der Waals surface area contributed by atoms with Crippen molar-refractivity contribution in [2.75, 3.05) is 18.4 Å². The molecule has 0 radical (unpaired) electrons. The third-order valence-electron chi connectivity index (χ3n) is 3.46. The van der Waals surface area contributed by atoms with Gasteiger partial charge in [0.15, 0.2) is 0 Å². The van der Waals surface area contributed by atoms with Crippen molar-refractivity contribution in [3.05, 3.63) is 24.3 Å². The van der Waals surface area contributed by atoms with E-state index in [9.17, 15) is 18.0 Å². The molecular formula is C19H31N3O5S. The Labute approximate surface area is 167 Å². The zero-order valence-electron chi connectivity index (χ0n) is 17.2. The van der Waals surface area contributed by atoms with E-state index >= 15 is 0 Å². The van der Waals surface area contributed by atoms with Crippen molar-refractivity contribution in [3.63, 3.8) is 0 Å². The van der Waals surface area contributed by atoms with Gasteiger partial charge in [0, 0.05) is 25.2 Å². The molecule has 0 fully saturated rings. The van der Waals surface area contributed by atoms with Crippen LogP contribution in [-0.4, -0.2) is 39.1 Å². The number of alkyl carbamates (subject to hydrolysis) is 1. The summed E-state index contributed by atoms with van der Waals surface area (Å²) in [5.41, 5.74) is -0.201. The fourth-order valence-corrected chi connectivity index (χ4v) is 3.21. The normalized spacial score (nSPS) is 11.9. The first-order valence-electron chi connectivity index (χ1n) is 9.25. The quantitative estimate of drug-likeness (QED) is 0.539. The van der Waals surface area contributed by atoms with Gasteiger partial charge in [-0.3, -0.25) is 4.79 Å². The highest BCUT2D eigenvalue weighted by Gasteiger charge is 2.17. The first-order valence-corrected chi connectivity index (χ1v) is 10.7. The number of amides is 2. The highest BCUT2D eigenvalue weighted by molar-refractivity contribution is 7.89. The highest BCUT2D eigenvalue weighted by Crippen LogP contribution is 2.16. The molecule has 0 saturated carbocycles. The van der Waals surface area contributed by atoms with E-state index in [1.165, 1.54) is 12.1 Å². The summed E-state index contributed by atoms with van der Waals surface area (Å²) in [4.78, 5) is 23.5. The van der Waals surface area contributed by atoms with Gasteiger partial charge in [-0.1, -0.05) is 19.9 Å². The molecule has 0 aliphatic rings. The van der Waals surface area contributed by atoms with Crippen molar-refractivity contribution < 1.29 is 22.7 Å². The Balaban J connectivity index is 2.57. The molecule has 9 heteroatoms. The Bertz CT molecular complexity index is 770. The molecule has 158 valence electrons. The summed E-state index contributed by atoms with van der Waals surface area (Å²) in [5.74, 6) is 0.258. The molecule has 28 heavy (non-hydrogen) atoms. The van der Waals surface area contributed by atoms with Crippen LogP contribution < -0.4 is 15.4 Å². The van der Waals surface area contributed by atoms with Gasteiger partial charge in [0.25, 0.3) is 0 Å². The zero-order chi connectivity index (χ0) is 21.4. The molecule has 0 aliphatic heterocycles. The summed E-state index contributed by atoms with van der Waals surface area (Å²) in [5, 5.41) is 5.19. The van der Waals surface area contributed by atoms with Gasteiger partial charge in [-0.05, 0) is 51.3 Å². The molecule has 8 nitrogen and oxygen atoms in total. The molecule has 2 amide bonds. The predicted octanol–water partition coefficient (Wildman–Crippen LogP) is 2.86. The number of rotatable bonds is 9. The molecule has 0 atom stereocenters. The number of sulfonamides is 1. The average Bonchev–Trinajstić information content (AvgIpc) is 2.56. The Kier molecular flexibility index (Phi) is 8.90. The van der Waals surface area contributed by atoms with Crippen molar-refractivity contribution in [1.29, 1.82) is 0 Å². The van der Waals surface area contributed by atoms with Crippen LogP contribution in [0.15, 0.2) is 29.2 Å². The molecule has 0 heterocycles. The second-order valence-corrected chi connectivity index (χ2v) is 9.60. The summed E-state index contributed by atoms with van der Waals surface area (Å²) in [6, 6.07) is 6.03. The van der Waals surface area contributed by atoms with Crippen molar-refractivity contribution in [1.82, 2.24) is 10.0 Å². The molecule has 1 aromatic carbocycles. The van der Waals surface area contributed by atoms with Crippen LogP contribution in [0, 0.1) is 5.92 Å². The van der Waals surface area contributed by atoms with Crippen LogP contribution >= 0.6 is 0 Å². The van der Waals surface area contributed by atoms with Gasteiger partial charge >= 0.3 is 6.09 Å². The highest BCUT2D eigenvalue weighted by atomic mass is 32.2. The van der Waals surface area contributed by atoms with Crippen LogP contribution in [0.5, 0.6) is 0 Å². The van der Waals surface area contributed by atoms with Crippen LogP contribution in [0.25, 0.3) is 0 Å². The summed E-state index contributed by atoms with van der Waals surface area (Å²) in [6.45, 7) is 9.37. The van der Waals surface area contributed by atoms with E-state index < -0.39 is 21.7 Å². The lowest BCUT2D eigenvalue weighted by atomic mass is 10.1. The fourth-order valence-electron chi connectivity index (χ4n) is 2.13. The Hall–Kier alpha value is -2.13. The van der Waals surface area contributed by atoms with Crippen LogP contribution in [0.3, 0.4) is 0 Å². The minimum atomic E-state index is -3.77. The second kappa shape index (κ2) is 10.4. The first kappa shape index (κ1) is 23.9. The zero-order valence-corrected chi connectivity index (χ0v) is 18.0. The Morgan fingerprint density at radius 3 is 2.43 bits per heavy atom. The van der Waals surface area contributed by atoms with Crippen molar-refractivity contribution in [2.45, 2.75) is 58.0 Å². The van der Waals surface area contributed by atoms with Gasteiger partial charge in [-0.15, -0.1) is 0 Å². The number of carbonyl (C=O) groups is 2. The lowest BCUT2D eigenvalue weighted by molar-refractivity contribution is -0.116. The monoisotopic (exact) mass is 413 g/mol. The summed E-state index contributed by atoms with van der Waals surface area (Å²) in [6.07, 6.45) is 0.525. The molecule has 0 unspecified atom stereocenters. The van der Waals surface area contributed by atoms with Gasteiger partial charge in [0.05, 0.1) is 4.90 Å². The predicted molar refractivity (Wildman–Crippen MR) is 109 cm³/mol. The van der Waals surface area contributed by atoms with E-state index in [4.69, 9.17) is 4.74 Å². The maximum Gasteiger partial charge on any atom is 0.407 e. The lowest BCUT2D eigenvalue weighted by Crippen LogP contribution is -2.37. The number of ether oxygens (including phenoxy) is 1. The van der Waals surface area contributed by atoms with Gasteiger partial charge in [-0.25, -0.2) is 17.9 Å². The van der Waals surface area contributed by atoms with E-state index in [1.54, 1.807) is 32.9 Å². The smallest absolute Gasteiger partial charge is 0.407 e. The van der Waals surface area contributed by atoms with Crippen LogP contribution in [0.4, 0.5) is 10.5 Å². The van der Waals surface area contributed by atoms with E-state index in [2.05, 4.69) is 15.4 Å². The molecule has 1 rings (SSSR count). The minimum Gasteiger partial charge on any atom is -0.444 e. The van der Waals surface area contributed by atoms with Gasteiger partial charge in [0.1, 0.15) is 5.60 Å². The number of anilines is 1. The third-order valence-corrected chi connectivity index (χ3v) is 4.92. The fraction of sp³-hybridized carbons (Fsp3) is 0.579. The van der Waals surface area contributed by atoms with Crippen molar-refractivity contribution in [3.8, 4) is 0 Å². The largest absolute Gasteiger partial charge is 0.444 e. The lowest BCUT2D eigenvalue weighted by Gasteiger charge is -2.19. The molecule has 1 aromatic rings. The van der Waals surface area contributed by atoms with E-state index in [0.717, 1.165) is 6.42 Å². The Morgan fingerprint density at radius 2 is 1.82 bits per heavy atom. The first-order chi connectivity index (χ1) is 12.9. The molecular weight excluding hydrogens is 382 g/mol. The van der Waals surface area contributed by atoms with Crippen LogP contribution in [0.2, 0.25) is 0 Å². The number of hydrogen-bond acceptors (Lipinski definition) is 5. The SMILES string of the molecule is CC(C)CCC(=O)Nc1cccc(S(=O)(=O)NCCNC(=O)OC(C)(C)C)c1. The molecule has 0 bridgehead atoms.